The van der Waals surface area contributed by atoms with Crippen LogP contribution in [0.5, 0.6) is 0 Å². The molecule has 1 saturated heterocycles. The highest BCUT2D eigenvalue weighted by Crippen LogP contribution is 2.50. The van der Waals surface area contributed by atoms with Gasteiger partial charge in [-0.3, -0.25) is 10.1 Å². The van der Waals surface area contributed by atoms with Gasteiger partial charge in [-0.05, 0) is 53.6 Å². The Kier molecular flexibility index (Phi) is 4.51. The number of non-ortho nitro benzene ring substituents is 1. The van der Waals surface area contributed by atoms with E-state index in [-0.39, 0.29) is 16.5 Å². The fraction of sp³-hybridized carbons (Fsp3) is 0.333. The molecule has 3 aromatic rings. The van der Waals surface area contributed by atoms with E-state index >= 15 is 0 Å². The van der Waals surface area contributed by atoms with Gasteiger partial charge >= 0.3 is 0 Å². The molecule has 7 nitrogen and oxygen atoms in total. The maximum Gasteiger partial charge on any atom is 0.270 e. The number of nitro groups is 1. The molecule has 31 heavy (non-hydrogen) atoms. The van der Waals surface area contributed by atoms with E-state index in [4.69, 9.17) is 14.5 Å². The second kappa shape index (κ2) is 7.02. The van der Waals surface area contributed by atoms with Crippen LogP contribution in [0, 0.1) is 16.0 Å². The molecule has 0 spiro atoms. The summed E-state index contributed by atoms with van der Waals surface area (Å²) >= 11 is 0. The highest BCUT2D eigenvalue weighted by molar-refractivity contribution is 6.18. The third-order valence-electron chi connectivity index (χ3n) is 5.93. The lowest BCUT2D eigenvalue weighted by molar-refractivity contribution is -0.485. The molecule has 1 heterocycles. The van der Waals surface area contributed by atoms with Crippen LogP contribution in [0.2, 0.25) is 0 Å². The van der Waals surface area contributed by atoms with E-state index in [2.05, 4.69) is 17.4 Å². The topological polar surface area (TPSA) is 82.9 Å². The molecule has 1 N–H and O–H groups in total. The van der Waals surface area contributed by atoms with Gasteiger partial charge in [-0.1, -0.05) is 38.1 Å². The molecule has 160 valence electrons. The van der Waals surface area contributed by atoms with Gasteiger partial charge in [-0.25, -0.2) is 9.78 Å². The third kappa shape index (κ3) is 3.17. The first-order valence-electron chi connectivity index (χ1n) is 10.4. The molecule has 1 fully saturated rings. The zero-order valence-electron chi connectivity index (χ0n) is 17.8. The molecule has 0 amide bonds. The second-order valence-electron chi connectivity index (χ2n) is 8.93. The van der Waals surface area contributed by atoms with Crippen molar-refractivity contribution in [3.63, 3.8) is 0 Å². The summed E-state index contributed by atoms with van der Waals surface area (Å²) in [6, 6.07) is 15.2. The average Bonchev–Trinajstić information content (AvgIpc) is 3.05. The summed E-state index contributed by atoms with van der Waals surface area (Å²) in [5.41, 5.74) is 4.28. The van der Waals surface area contributed by atoms with E-state index in [1.165, 1.54) is 0 Å². The lowest BCUT2D eigenvalue weighted by atomic mass is 10.0. The normalized spacial score (nSPS) is 21.3. The number of nitrogens with one attached hydrogen (secondary N) is 1. The van der Waals surface area contributed by atoms with Crippen LogP contribution in [0.3, 0.4) is 0 Å². The third-order valence-corrected chi connectivity index (χ3v) is 5.93. The van der Waals surface area contributed by atoms with E-state index < -0.39 is 18.1 Å². The van der Waals surface area contributed by atoms with Crippen LogP contribution in [0.25, 0.3) is 33.0 Å². The van der Waals surface area contributed by atoms with Crippen molar-refractivity contribution in [3.8, 4) is 22.3 Å². The number of hydrogen-bond acceptors (Lipinski definition) is 6. The average molecular weight is 420 g/mol. The molecule has 1 aliphatic heterocycles. The lowest BCUT2D eigenvalue weighted by Crippen LogP contribution is -2.54. The van der Waals surface area contributed by atoms with E-state index in [1.54, 1.807) is 12.1 Å². The van der Waals surface area contributed by atoms with Crippen molar-refractivity contribution in [1.82, 2.24) is 0 Å². The maximum absolute atomic E-state index is 11.3. The zero-order chi connectivity index (χ0) is 21.9. The molecule has 0 radical (unpaired) electrons. The van der Waals surface area contributed by atoms with Gasteiger partial charge in [0.15, 0.2) is 12.5 Å². The summed E-state index contributed by atoms with van der Waals surface area (Å²) in [5, 5.41) is 16.9. The summed E-state index contributed by atoms with van der Waals surface area (Å²) in [7, 11) is 0. The minimum Gasteiger partial charge on any atom is -0.357 e. The first-order chi connectivity index (χ1) is 14.8. The quantitative estimate of drug-likeness (QED) is 0.252. The second-order valence-corrected chi connectivity index (χ2v) is 8.93. The zero-order valence-corrected chi connectivity index (χ0v) is 17.8. The Morgan fingerprint density at radius 3 is 2.52 bits per heavy atom. The van der Waals surface area contributed by atoms with Gasteiger partial charge < -0.3 is 10.1 Å². The standard InChI is InChI=1S/C24H24N2O5/c1-13(2)22-29-23(24(3,4)31-30-22)25-20-11-10-17-15-9-8-14(26(27)28)12-19(15)16-6-5-7-18(20)21(16)17/h5-13,22-23,25H,1-4H3. The first-order valence-corrected chi connectivity index (χ1v) is 10.4. The van der Waals surface area contributed by atoms with Crippen molar-refractivity contribution < 1.29 is 19.4 Å². The Labute approximate surface area is 180 Å². The van der Waals surface area contributed by atoms with Crippen molar-refractivity contribution in [3.05, 3.63) is 58.6 Å². The molecule has 2 atom stereocenters. The van der Waals surface area contributed by atoms with Crippen LogP contribution in [0.1, 0.15) is 27.7 Å². The first kappa shape index (κ1) is 19.9. The monoisotopic (exact) mass is 420 g/mol. The van der Waals surface area contributed by atoms with Gasteiger partial charge in [0.2, 0.25) is 0 Å². The maximum atomic E-state index is 11.3. The molecule has 5 rings (SSSR count). The van der Waals surface area contributed by atoms with E-state index in [9.17, 15) is 10.1 Å². The van der Waals surface area contributed by atoms with Crippen molar-refractivity contribution in [2.24, 2.45) is 5.92 Å². The smallest absolute Gasteiger partial charge is 0.270 e. The van der Waals surface area contributed by atoms with Gasteiger partial charge in [0, 0.05) is 29.1 Å². The Morgan fingerprint density at radius 1 is 1.03 bits per heavy atom. The molecule has 0 aromatic heterocycles. The van der Waals surface area contributed by atoms with Crippen molar-refractivity contribution in [2.45, 2.75) is 45.8 Å². The van der Waals surface area contributed by atoms with E-state index in [0.717, 1.165) is 38.7 Å². The summed E-state index contributed by atoms with van der Waals surface area (Å²) in [4.78, 5) is 22.0. The fourth-order valence-corrected chi connectivity index (χ4v) is 4.24. The van der Waals surface area contributed by atoms with Gasteiger partial charge in [0.05, 0.1) is 4.92 Å². The number of benzene rings is 3. The molecule has 2 unspecified atom stereocenters. The Morgan fingerprint density at radius 2 is 1.77 bits per heavy atom. The summed E-state index contributed by atoms with van der Waals surface area (Å²) in [5.74, 6) is 0.137. The summed E-state index contributed by atoms with van der Waals surface area (Å²) in [6.45, 7) is 7.85. The minimum absolute atomic E-state index is 0.0936. The highest BCUT2D eigenvalue weighted by atomic mass is 17.2. The van der Waals surface area contributed by atoms with E-state index in [0.29, 0.717) is 0 Å². The molecule has 3 aromatic carbocycles. The van der Waals surface area contributed by atoms with Gasteiger partial charge in [0.25, 0.3) is 5.69 Å². The van der Waals surface area contributed by atoms with Gasteiger partial charge in [-0.2, -0.15) is 0 Å². The lowest BCUT2D eigenvalue weighted by Gasteiger charge is -2.42. The van der Waals surface area contributed by atoms with Crippen LogP contribution in [0.4, 0.5) is 11.4 Å². The predicted molar refractivity (Wildman–Crippen MR) is 118 cm³/mol. The fourth-order valence-electron chi connectivity index (χ4n) is 4.24. The minimum atomic E-state index is -0.697. The number of rotatable bonds is 4. The number of nitrogens with zero attached hydrogens (tertiary/aromatic N) is 1. The van der Waals surface area contributed by atoms with Crippen molar-refractivity contribution in [2.75, 3.05) is 5.32 Å². The number of hydrogen-bond donors (Lipinski definition) is 1. The summed E-state index contributed by atoms with van der Waals surface area (Å²) in [6.07, 6.45) is -0.886. The van der Waals surface area contributed by atoms with Crippen LogP contribution in [0.15, 0.2) is 48.5 Å². The van der Waals surface area contributed by atoms with Crippen LogP contribution >= 0.6 is 0 Å². The number of anilines is 1. The number of nitro benzene ring substituents is 1. The predicted octanol–water partition coefficient (Wildman–Crippen LogP) is 5.87. The SMILES string of the molecule is CC(C)C1OOC(C)(C)C(Nc2ccc3c4c(cccc24)-c2cc([N+](=O)[O-])ccc2-3)O1. The van der Waals surface area contributed by atoms with Crippen LogP contribution < -0.4 is 5.32 Å². The van der Waals surface area contributed by atoms with E-state index in [1.807, 2.05) is 52.0 Å². The Balaban J connectivity index is 1.58. The van der Waals surface area contributed by atoms with Gasteiger partial charge in [-0.15, -0.1) is 0 Å². The van der Waals surface area contributed by atoms with Gasteiger partial charge in [0.1, 0.15) is 5.60 Å². The Bertz CT molecular complexity index is 1200. The Hall–Kier alpha value is -3.00. The molecule has 0 saturated carbocycles. The highest BCUT2D eigenvalue weighted by Gasteiger charge is 2.41. The molecule has 7 heteroatoms. The summed E-state index contributed by atoms with van der Waals surface area (Å²) < 4.78 is 6.16. The number of ether oxygens (including phenoxy) is 1. The van der Waals surface area contributed by atoms with Crippen molar-refractivity contribution in [1.29, 1.82) is 0 Å². The molecular weight excluding hydrogens is 396 g/mol. The molecule has 0 bridgehead atoms. The molecule has 1 aliphatic carbocycles. The van der Waals surface area contributed by atoms with Crippen molar-refractivity contribution >= 4 is 22.1 Å². The molecular formula is C24H24N2O5. The molecule has 2 aliphatic rings. The largest absolute Gasteiger partial charge is 0.357 e. The van der Waals surface area contributed by atoms with Crippen LogP contribution in [-0.2, 0) is 14.5 Å². The van der Waals surface area contributed by atoms with Crippen LogP contribution in [-0.4, -0.2) is 23.0 Å². The number of fused-ring (bicyclic) bond motifs is 3.